The normalized spacial score (nSPS) is 14.9. The largest absolute Gasteiger partial charge is 0.462 e. The number of carbonyl (C=O) groups excluding carboxylic acids is 1. The lowest BCUT2D eigenvalue weighted by atomic mass is 10.1. The fraction of sp³-hybridized carbons (Fsp3) is 0.235. The van der Waals surface area contributed by atoms with Gasteiger partial charge in [-0.25, -0.2) is 4.79 Å². The Bertz CT molecular complexity index is 713. The first kappa shape index (κ1) is 13.5. The van der Waals surface area contributed by atoms with Crippen LogP contribution in [0.25, 0.3) is 11.8 Å². The molecule has 1 aromatic heterocycles. The van der Waals surface area contributed by atoms with E-state index in [1.54, 1.807) is 6.07 Å². The van der Waals surface area contributed by atoms with E-state index < -0.39 is 0 Å². The van der Waals surface area contributed by atoms with E-state index in [1.807, 2.05) is 36.7 Å². The van der Waals surface area contributed by atoms with Crippen molar-refractivity contribution in [1.29, 1.82) is 0 Å². The molecule has 4 nitrogen and oxygen atoms in total. The quantitative estimate of drug-likeness (QED) is 0.877. The van der Waals surface area contributed by atoms with E-state index in [0.717, 1.165) is 17.9 Å². The second-order valence-electron chi connectivity index (χ2n) is 5.00. The van der Waals surface area contributed by atoms with Crippen LogP contribution in [0.2, 0.25) is 0 Å². The molecule has 0 saturated carbocycles. The van der Waals surface area contributed by atoms with Gasteiger partial charge in [-0.2, -0.15) is 0 Å². The van der Waals surface area contributed by atoms with Crippen LogP contribution in [-0.2, 0) is 4.74 Å². The Hall–Kier alpha value is -2.49. The number of hydrogen-bond donors (Lipinski definition) is 1. The lowest BCUT2D eigenvalue weighted by molar-refractivity contribution is 0.0525. The summed E-state index contributed by atoms with van der Waals surface area (Å²) in [6.45, 7) is 4.93. The monoisotopic (exact) mass is 282 g/mol. The summed E-state index contributed by atoms with van der Waals surface area (Å²) < 4.78 is 7.04. The molecule has 3 rings (SSSR count). The predicted octanol–water partition coefficient (Wildman–Crippen LogP) is 3.40. The second-order valence-corrected chi connectivity index (χ2v) is 5.00. The molecule has 108 valence electrons. The molecule has 0 atom stereocenters. The highest BCUT2D eigenvalue weighted by atomic mass is 16.5. The van der Waals surface area contributed by atoms with Gasteiger partial charge >= 0.3 is 5.97 Å². The van der Waals surface area contributed by atoms with Gasteiger partial charge in [0.2, 0.25) is 0 Å². The first-order chi connectivity index (χ1) is 10.2. The molecule has 1 N–H and O–H groups in total. The average Bonchev–Trinajstić information content (AvgIpc) is 3.05. The number of benzene rings is 1. The summed E-state index contributed by atoms with van der Waals surface area (Å²) >= 11 is 0. The Labute approximate surface area is 124 Å². The molecule has 1 aliphatic rings. The van der Waals surface area contributed by atoms with Crippen LogP contribution in [0.3, 0.4) is 0 Å². The van der Waals surface area contributed by atoms with Crippen molar-refractivity contribution in [3.63, 3.8) is 0 Å². The summed E-state index contributed by atoms with van der Waals surface area (Å²) in [5, 5.41) is 3.37. The van der Waals surface area contributed by atoms with Gasteiger partial charge in [0, 0.05) is 35.9 Å². The molecule has 0 spiro atoms. The first-order valence-electron chi connectivity index (χ1n) is 7.09. The van der Waals surface area contributed by atoms with E-state index in [9.17, 15) is 4.79 Å². The highest BCUT2D eigenvalue weighted by Gasteiger charge is 2.17. The molecule has 0 unspecified atom stereocenters. The second kappa shape index (κ2) is 5.48. The third-order valence-corrected chi connectivity index (χ3v) is 3.71. The molecule has 0 radical (unpaired) electrons. The Kier molecular flexibility index (Phi) is 3.52. The molecular formula is C17H18N2O2. The number of carbonyl (C=O) groups is 1. The van der Waals surface area contributed by atoms with Crippen molar-refractivity contribution < 1.29 is 9.53 Å². The Morgan fingerprint density at radius 2 is 2.19 bits per heavy atom. The van der Waals surface area contributed by atoms with E-state index in [1.165, 1.54) is 11.1 Å². The summed E-state index contributed by atoms with van der Waals surface area (Å²) in [5.74, 6) is -0.267. The van der Waals surface area contributed by atoms with Crippen molar-refractivity contribution in [2.24, 2.45) is 0 Å². The SMILES string of the molecule is CCOC(=O)c1ccn(C=C2CNc3ccccc32)c1C. The van der Waals surface area contributed by atoms with Crippen molar-refractivity contribution in [2.45, 2.75) is 13.8 Å². The topological polar surface area (TPSA) is 43.3 Å². The van der Waals surface area contributed by atoms with E-state index >= 15 is 0 Å². The van der Waals surface area contributed by atoms with Crippen LogP contribution >= 0.6 is 0 Å². The minimum absolute atomic E-state index is 0.267. The number of nitrogens with zero attached hydrogens (tertiary/aromatic N) is 1. The number of ether oxygens (including phenoxy) is 1. The molecule has 0 saturated heterocycles. The van der Waals surface area contributed by atoms with E-state index in [-0.39, 0.29) is 5.97 Å². The van der Waals surface area contributed by atoms with Gasteiger partial charge in [0.05, 0.1) is 12.2 Å². The van der Waals surface area contributed by atoms with Crippen molar-refractivity contribution in [3.05, 3.63) is 53.3 Å². The van der Waals surface area contributed by atoms with E-state index in [4.69, 9.17) is 4.74 Å². The standard InChI is InChI=1S/C17H18N2O2/c1-3-21-17(20)14-8-9-19(12(14)2)11-13-10-18-16-7-5-4-6-15(13)16/h4-9,11,18H,3,10H2,1-2H3. The van der Waals surface area contributed by atoms with Crippen LogP contribution in [0, 0.1) is 6.92 Å². The van der Waals surface area contributed by atoms with Crippen LogP contribution in [0.4, 0.5) is 5.69 Å². The van der Waals surface area contributed by atoms with Gasteiger partial charge in [-0.1, -0.05) is 18.2 Å². The maximum absolute atomic E-state index is 11.8. The molecule has 2 aromatic rings. The molecule has 0 aliphatic carbocycles. The van der Waals surface area contributed by atoms with E-state index in [2.05, 4.69) is 23.6 Å². The molecule has 0 amide bonds. The number of para-hydroxylation sites is 1. The fourth-order valence-electron chi connectivity index (χ4n) is 2.58. The van der Waals surface area contributed by atoms with Gasteiger partial charge in [-0.3, -0.25) is 0 Å². The summed E-state index contributed by atoms with van der Waals surface area (Å²) in [5.41, 5.74) is 5.08. The van der Waals surface area contributed by atoms with E-state index in [0.29, 0.717) is 12.2 Å². The maximum atomic E-state index is 11.8. The zero-order valence-electron chi connectivity index (χ0n) is 12.2. The molecule has 0 bridgehead atoms. The molecule has 2 heterocycles. The number of rotatable bonds is 3. The number of aromatic nitrogens is 1. The zero-order chi connectivity index (χ0) is 14.8. The molecular weight excluding hydrogens is 264 g/mol. The number of fused-ring (bicyclic) bond motifs is 1. The minimum Gasteiger partial charge on any atom is -0.462 e. The first-order valence-corrected chi connectivity index (χ1v) is 7.09. The molecule has 0 fully saturated rings. The average molecular weight is 282 g/mol. The van der Waals surface area contributed by atoms with Crippen LogP contribution in [0.1, 0.15) is 28.5 Å². The highest BCUT2D eigenvalue weighted by Crippen LogP contribution is 2.31. The molecule has 1 aliphatic heterocycles. The van der Waals surface area contributed by atoms with Crippen LogP contribution in [0.5, 0.6) is 0 Å². The molecule has 1 aromatic carbocycles. The smallest absolute Gasteiger partial charge is 0.339 e. The predicted molar refractivity (Wildman–Crippen MR) is 84.2 cm³/mol. The third-order valence-electron chi connectivity index (χ3n) is 3.71. The van der Waals surface area contributed by atoms with Crippen LogP contribution in [0.15, 0.2) is 36.5 Å². The van der Waals surface area contributed by atoms with Gasteiger partial charge in [0.1, 0.15) is 0 Å². The lowest BCUT2D eigenvalue weighted by Gasteiger charge is -2.05. The number of esters is 1. The maximum Gasteiger partial charge on any atom is 0.339 e. The Morgan fingerprint density at radius 1 is 1.38 bits per heavy atom. The number of nitrogens with one attached hydrogen (secondary N) is 1. The van der Waals surface area contributed by atoms with Crippen molar-refractivity contribution >= 4 is 23.4 Å². The summed E-state index contributed by atoms with van der Waals surface area (Å²) in [6, 6.07) is 10.0. The van der Waals surface area contributed by atoms with Crippen LogP contribution < -0.4 is 5.32 Å². The molecule has 4 heteroatoms. The van der Waals surface area contributed by atoms with Crippen LogP contribution in [-0.4, -0.2) is 23.7 Å². The summed E-state index contributed by atoms with van der Waals surface area (Å²) in [7, 11) is 0. The number of hydrogen-bond acceptors (Lipinski definition) is 3. The molecule has 21 heavy (non-hydrogen) atoms. The number of anilines is 1. The van der Waals surface area contributed by atoms with Gasteiger partial charge in [0.15, 0.2) is 0 Å². The fourth-order valence-corrected chi connectivity index (χ4v) is 2.58. The summed E-state index contributed by atoms with van der Waals surface area (Å²) in [6.07, 6.45) is 3.96. The van der Waals surface area contributed by atoms with Gasteiger partial charge in [-0.05, 0) is 31.6 Å². The zero-order valence-corrected chi connectivity index (χ0v) is 12.2. The van der Waals surface area contributed by atoms with Gasteiger partial charge in [-0.15, -0.1) is 0 Å². The van der Waals surface area contributed by atoms with Crippen molar-refractivity contribution in [2.75, 3.05) is 18.5 Å². The lowest BCUT2D eigenvalue weighted by Crippen LogP contribution is -2.06. The van der Waals surface area contributed by atoms with Gasteiger partial charge in [0.25, 0.3) is 0 Å². The Morgan fingerprint density at radius 3 is 3.00 bits per heavy atom. The third kappa shape index (κ3) is 2.44. The van der Waals surface area contributed by atoms with Crippen molar-refractivity contribution in [3.8, 4) is 0 Å². The Balaban J connectivity index is 1.93. The van der Waals surface area contributed by atoms with Gasteiger partial charge < -0.3 is 14.6 Å². The summed E-state index contributed by atoms with van der Waals surface area (Å²) in [4.78, 5) is 11.8. The highest BCUT2D eigenvalue weighted by molar-refractivity contribution is 5.92. The minimum atomic E-state index is -0.267. The van der Waals surface area contributed by atoms with Crippen molar-refractivity contribution in [1.82, 2.24) is 4.57 Å².